The van der Waals surface area contributed by atoms with E-state index in [-0.39, 0.29) is 11.4 Å². The number of rotatable bonds is 5. The lowest BCUT2D eigenvalue weighted by Crippen LogP contribution is -2.15. The first-order valence-electron chi connectivity index (χ1n) is 7.70. The van der Waals surface area contributed by atoms with Crippen LogP contribution in [0.2, 0.25) is 0 Å². The number of halogens is 1. The minimum atomic E-state index is -0.369. The molecule has 3 heterocycles. The molecule has 0 bridgehead atoms. The summed E-state index contributed by atoms with van der Waals surface area (Å²) in [5.41, 5.74) is 0.919. The van der Waals surface area contributed by atoms with E-state index in [0.29, 0.717) is 27.3 Å². The van der Waals surface area contributed by atoms with Crippen LogP contribution in [0.25, 0.3) is 10.6 Å². The fourth-order valence-corrected chi connectivity index (χ4v) is 3.93. The molecule has 11 heteroatoms. The molecule has 132 valence electrons. The van der Waals surface area contributed by atoms with E-state index < -0.39 is 0 Å². The van der Waals surface area contributed by atoms with Crippen LogP contribution >= 0.6 is 23.1 Å². The molecule has 0 N–H and O–H groups in total. The molecule has 0 fully saturated rings. The molecule has 4 aromatic rings. The summed E-state index contributed by atoms with van der Waals surface area (Å²) >= 11 is 2.71. The average Bonchev–Trinajstić information content (AvgIpc) is 3.26. The quantitative estimate of drug-likeness (QED) is 0.483. The summed E-state index contributed by atoms with van der Waals surface area (Å²) in [6.45, 7) is 1.98. The zero-order chi connectivity index (χ0) is 18.1. The predicted octanol–water partition coefficient (Wildman–Crippen LogP) is 2.12. The number of tetrazole rings is 1. The maximum absolute atomic E-state index is 13.4. The van der Waals surface area contributed by atoms with E-state index in [2.05, 4.69) is 25.6 Å². The second-order valence-electron chi connectivity index (χ2n) is 5.27. The van der Waals surface area contributed by atoms with Gasteiger partial charge in [-0.25, -0.2) is 9.37 Å². The van der Waals surface area contributed by atoms with Crippen molar-refractivity contribution in [3.05, 3.63) is 57.2 Å². The van der Waals surface area contributed by atoms with Crippen LogP contribution in [0.5, 0.6) is 0 Å². The second kappa shape index (κ2) is 6.92. The third-order valence-corrected chi connectivity index (χ3v) is 5.49. The summed E-state index contributed by atoms with van der Waals surface area (Å²) in [5, 5.41) is 17.1. The summed E-state index contributed by atoms with van der Waals surface area (Å²) in [4.78, 5) is 17.2. The molecule has 3 aromatic heterocycles. The number of aromatic nitrogens is 7. The number of thioether (sulfide) groups is 1. The number of aryl methyl sites for hydroxylation is 1. The predicted molar refractivity (Wildman–Crippen MR) is 95.2 cm³/mol. The third kappa shape index (κ3) is 3.22. The van der Waals surface area contributed by atoms with Gasteiger partial charge in [-0.2, -0.15) is 14.3 Å². The van der Waals surface area contributed by atoms with Gasteiger partial charge in [0.15, 0.2) is 0 Å². The van der Waals surface area contributed by atoms with Crippen molar-refractivity contribution < 1.29 is 4.39 Å². The number of benzene rings is 1. The van der Waals surface area contributed by atoms with E-state index in [9.17, 15) is 9.18 Å². The van der Waals surface area contributed by atoms with Crippen molar-refractivity contribution in [3.63, 3.8) is 0 Å². The van der Waals surface area contributed by atoms with Crippen LogP contribution in [-0.2, 0) is 12.2 Å². The van der Waals surface area contributed by atoms with E-state index in [1.807, 2.05) is 6.92 Å². The lowest BCUT2D eigenvalue weighted by Gasteiger charge is -2.04. The van der Waals surface area contributed by atoms with Gasteiger partial charge in [0.1, 0.15) is 10.8 Å². The fraction of sp³-hybridized carbons (Fsp3) is 0.200. The Bertz CT molecular complexity index is 1140. The first-order valence-corrected chi connectivity index (χ1v) is 9.50. The van der Waals surface area contributed by atoms with Crippen molar-refractivity contribution >= 4 is 28.1 Å². The summed E-state index contributed by atoms with van der Waals surface area (Å²) < 4.78 is 16.2. The van der Waals surface area contributed by atoms with Crippen LogP contribution < -0.4 is 5.56 Å². The number of nitrogens with zero attached hydrogens (tertiary/aromatic N) is 7. The maximum atomic E-state index is 13.4. The Morgan fingerprint density at radius 2 is 2.19 bits per heavy atom. The maximum Gasteiger partial charge on any atom is 0.275 e. The van der Waals surface area contributed by atoms with Gasteiger partial charge >= 0.3 is 0 Å². The Balaban J connectivity index is 1.59. The van der Waals surface area contributed by atoms with E-state index in [0.717, 1.165) is 11.4 Å². The van der Waals surface area contributed by atoms with Crippen molar-refractivity contribution in [2.24, 2.45) is 0 Å². The molecule has 0 aliphatic carbocycles. The van der Waals surface area contributed by atoms with Crippen LogP contribution in [0.15, 0.2) is 40.3 Å². The van der Waals surface area contributed by atoms with E-state index in [4.69, 9.17) is 0 Å². The first kappa shape index (κ1) is 16.8. The zero-order valence-electron chi connectivity index (χ0n) is 13.5. The van der Waals surface area contributed by atoms with Gasteiger partial charge in [-0.15, -0.1) is 5.10 Å². The minimum Gasteiger partial charge on any atom is -0.267 e. The SMILES string of the molecule is CCc1nn2c(=O)cc(CSc3nnnn3-c3cccc(F)c3)nc2s1. The summed E-state index contributed by atoms with van der Waals surface area (Å²) in [5.74, 6) is 0.0341. The van der Waals surface area contributed by atoms with Crippen molar-refractivity contribution in [1.82, 2.24) is 34.8 Å². The molecule has 0 radical (unpaired) electrons. The van der Waals surface area contributed by atoms with E-state index in [1.54, 1.807) is 12.1 Å². The van der Waals surface area contributed by atoms with Gasteiger partial charge < -0.3 is 0 Å². The van der Waals surface area contributed by atoms with Gasteiger partial charge in [-0.1, -0.05) is 36.1 Å². The highest BCUT2D eigenvalue weighted by Gasteiger charge is 2.12. The summed E-state index contributed by atoms with van der Waals surface area (Å²) in [6.07, 6.45) is 0.750. The molecule has 0 amide bonds. The molecule has 0 aliphatic rings. The molecule has 8 nitrogen and oxygen atoms in total. The van der Waals surface area contributed by atoms with E-state index in [1.165, 1.54) is 50.5 Å². The van der Waals surface area contributed by atoms with Crippen LogP contribution in [0.4, 0.5) is 4.39 Å². The Kier molecular flexibility index (Phi) is 4.47. The minimum absolute atomic E-state index is 0.216. The van der Waals surface area contributed by atoms with Crippen molar-refractivity contribution in [3.8, 4) is 5.69 Å². The van der Waals surface area contributed by atoms with Crippen molar-refractivity contribution in [2.75, 3.05) is 0 Å². The Morgan fingerprint density at radius 1 is 1.31 bits per heavy atom. The highest BCUT2D eigenvalue weighted by molar-refractivity contribution is 7.98. The third-order valence-electron chi connectivity index (χ3n) is 3.49. The lowest BCUT2D eigenvalue weighted by molar-refractivity contribution is 0.623. The van der Waals surface area contributed by atoms with Gasteiger partial charge in [0.25, 0.3) is 5.56 Å². The van der Waals surface area contributed by atoms with E-state index >= 15 is 0 Å². The average molecular weight is 389 g/mol. The molecule has 4 rings (SSSR count). The normalized spacial score (nSPS) is 11.3. The second-order valence-corrected chi connectivity index (χ2v) is 7.25. The highest BCUT2D eigenvalue weighted by atomic mass is 32.2. The monoisotopic (exact) mass is 389 g/mol. The number of hydrogen-bond donors (Lipinski definition) is 0. The van der Waals surface area contributed by atoms with Crippen LogP contribution in [0.1, 0.15) is 17.6 Å². The summed E-state index contributed by atoms with van der Waals surface area (Å²) in [7, 11) is 0. The first-order chi connectivity index (χ1) is 12.6. The van der Waals surface area contributed by atoms with Gasteiger partial charge in [-0.05, 0) is 35.0 Å². The Morgan fingerprint density at radius 3 is 3.00 bits per heavy atom. The van der Waals surface area contributed by atoms with Crippen LogP contribution in [0.3, 0.4) is 0 Å². The molecular formula is C15H12FN7OS2. The topological polar surface area (TPSA) is 90.9 Å². The highest BCUT2D eigenvalue weighted by Crippen LogP contribution is 2.22. The van der Waals surface area contributed by atoms with Crippen LogP contribution in [-0.4, -0.2) is 34.8 Å². The number of hydrogen-bond acceptors (Lipinski definition) is 8. The molecule has 1 aromatic carbocycles. The fourth-order valence-electron chi connectivity index (χ4n) is 2.29. The standard InChI is InChI=1S/C15H12FN7OS2/c1-2-12-19-23-13(24)7-10(17-14(23)26-12)8-25-15-18-20-21-22(15)11-5-3-4-9(16)6-11/h3-7H,2,8H2,1H3. The van der Waals surface area contributed by atoms with Gasteiger partial charge in [-0.3, -0.25) is 4.79 Å². The molecule has 0 aliphatic heterocycles. The van der Waals surface area contributed by atoms with Gasteiger partial charge in [0, 0.05) is 11.8 Å². The molecular weight excluding hydrogens is 377 g/mol. The molecule has 0 spiro atoms. The lowest BCUT2D eigenvalue weighted by atomic mass is 10.3. The van der Waals surface area contributed by atoms with Gasteiger partial charge in [0.05, 0.1) is 11.4 Å². The molecule has 0 atom stereocenters. The molecule has 0 saturated heterocycles. The number of fused-ring (bicyclic) bond motifs is 1. The smallest absolute Gasteiger partial charge is 0.267 e. The van der Waals surface area contributed by atoms with Crippen LogP contribution in [0, 0.1) is 5.82 Å². The van der Waals surface area contributed by atoms with Crippen molar-refractivity contribution in [2.45, 2.75) is 24.3 Å². The zero-order valence-corrected chi connectivity index (χ0v) is 15.2. The molecule has 0 saturated carbocycles. The molecule has 26 heavy (non-hydrogen) atoms. The Labute approximate surface area is 154 Å². The van der Waals surface area contributed by atoms with Crippen molar-refractivity contribution in [1.29, 1.82) is 0 Å². The largest absolute Gasteiger partial charge is 0.275 e. The summed E-state index contributed by atoms with van der Waals surface area (Å²) in [6, 6.07) is 7.46. The Hall–Kier alpha value is -2.66. The molecule has 0 unspecified atom stereocenters. The van der Waals surface area contributed by atoms with Gasteiger partial charge in [0.2, 0.25) is 10.1 Å².